The Morgan fingerprint density at radius 1 is 0.810 bits per heavy atom. The van der Waals surface area contributed by atoms with Crippen molar-refractivity contribution in [1.29, 1.82) is 0 Å². The predicted molar refractivity (Wildman–Crippen MR) is 92.9 cm³/mol. The van der Waals surface area contributed by atoms with Gasteiger partial charge in [0.25, 0.3) is 0 Å². The molecule has 1 saturated heterocycles. The van der Waals surface area contributed by atoms with E-state index in [9.17, 15) is 0 Å². The lowest BCUT2D eigenvalue weighted by Crippen LogP contribution is -2.26. The molecule has 0 N–H and O–H groups in total. The van der Waals surface area contributed by atoms with Crippen LogP contribution in [0.5, 0.6) is 0 Å². The lowest BCUT2D eigenvalue weighted by Gasteiger charge is -2.20. The zero-order chi connectivity index (χ0) is 15.2. The zero-order valence-electron chi connectivity index (χ0n) is 14.7. The van der Waals surface area contributed by atoms with Gasteiger partial charge in [-0.3, -0.25) is 0 Å². The second-order valence-electron chi connectivity index (χ2n) is 6.74. The van der Waals surface area contributed by atoms with Crippen LogP contribution in [-0.4, -0.2) is 37.2 Å². The van der Waals surface area contributed by atoms with Crippen LogP contribution in [0.1, 0.15) is 90.9 Å². The molecule has 0 aromatic carbocycles. The molecular formula is C19H39NO. The van der Waals surface area contributed by atoms with Gasteiger partial charge in [0, 0.05) is 6.54 Å². The van der Waals surface area contributed by atoms with Crippen LogP contribution in [0.15, 0.2) is 0 Å². The molecule has 1 unspecified atom stereocenters. The molecule has 0 aromatic rings. The highest BCUT2D eigenvalue weighted by molar-refractivity contribution is 4.66. The average Bonchev–Trinajstić information content (AvgIpc) is 3.00. The molecule has 126 valence electrons. The van der Waals surface area contributed by atoms with Crippen molar-refractivity contribution in [2.24, 2.45) is 0 Å². The lowest BCUT2D eigenvalue weighted by atomic mass is 10.0. The molecular weight excluding hydrogens is 258 g/mol. The monoisotopic (exact) mass is 297 g/mol. The number of ether oxygens (including phenoxy) is 1. The fourth-order valence-corrected chi connectivity index (χ4v) is 3.26. The largest absolute Gasteiger partial charge is 0.377 e. The first-order valence-corrected chi connectivity index (χ1v) is 9.70. The molecule has 0 saturated carbocycles. The average molecular weight is 298 g/mol. The van der Waals surface area contributed by atoms with Gasteiger partial charge in [-0.25, -0.2) is 0 Å². The normalized spacial score (nSPS) is 17.4. The standard InChI is InChI=1S/C19H39NO/c1-3-5-7-8-10-14-19(13-9-6-4-2)21-18-17-20-15-11-12-16-20/h19H,3-18H2,1-2H3. The third kappa shape index (κ3) is 10.3. The SMILES string of the molecule is CCCCCCCC(CCCCC)OCCN1CCCC1. The van der Waals surface area contributed by atoms with E-state index in [1.165, 1.54) is 90.1 Å². The Morgan fingerprint density at radius 2 is 1.38 bits per heavy atom. The molecule has 2 heteroatoms. The Balaban J connectivity index is 2.09. The molecule has 2 nitrogen and oxygen atoms in total. The summed E-state index contributed by atoms with van der Waals surface area (Å²) in [4.78, 5) is 2.56. The summed E-state index contributed by atoms with van der Waals surface area (Å²) in [6.07, 6.45) is 16.8. The van der Waals surface area contributed by atoms with E-state index in [1.54, 1.807) is 0 Å². The number of likely N-dealkylation sites (tertiary alicyclic amines) is 1. The summed E-state index contributed by atoms with van der Waals surface area (Å²) in [6, 6.07) is 0. The molecule has 1 atom stereocenters. The number of rotatable bonds is 14. The van der Waals surface area contributed by atoms with Crippen molar-refractivity contribution in [2.75, 3.05) is 26.2 Å². The summed E-state index contributed by atoms with van der Waals surface area (Å²) in [5.74, 6) is 0. The van der Waals surface area contributed by atoms with Gasteiger partial charge >= 0.3 is 0 Å². The van der Waals surface area contributed by atoms with E-state index < -0.39 is 0 Å². The Morgan fingerprint density at radius 3 is 2.05 bits per heavy atom. The van der Waals surface area contributed by atoms with Gasteiger partial charge in [0.05, 0.1) is 12.7 Å². The molecule has 0 radical (unpaired) electrons. The summed E-state index contributed by atoms with van der Waals surface area (Å²) in [6.45, 7) is 9.26. The Hall–Kier alpha value is -0.0800. The van der Waals surface area contributed by atoms with E-state index in [2.05, 4.69) is 18.7 Å². The molecule has 0 bridgehead atoms. The lowest BCUT2D eigenvalue weighted by molar-refractivity contribution is 0.0275. The topological polar surface area (TPSA) is 12.5 Å². The van der Waals surface area contributed by atoms with Crippen molar-refractivity contribution >= 4 is 0 Å². The Labute approximate surface area is 133 Å². The van der Waals surface area contributed by atoms with Gasteiger partial charge in [0.1, 0.15) is 0 Å². The Kier molecular flexibility index (Phi) is 12.3. The van der Waals surface area contributed by atoms with E-state index in [1.807, 2.05) is 0 Å². The van der Waals surface area contributed by atoms with Gasteiger partial charge in [-0.05, 0) is 38.8 Å². The molecule has 0 aliphatic carbocycles. The van der Waals surface area contributed by atoms with Crippen LogP contribution in [-0.2, 0) is 4.74 Å². The summed E-state index contributed by atoms with van der Waals surface area (Å²) in [5.41, 5.74) is 0. The summed E-state index contributed by atoms with van der Waals surface area (Å²) in [5, 5.41) is 0. The predicted octanol–water partition coefficient (Wildman–Crippen LogP) is 5.41. The number of hydrogen-bond acceptors (Lipinski definition) is 2. The van der Waals surface area contributed by atoms with Crippen LogP contribution in [0.25, 0.3) is 0 Å². The second kappa shape index (κ2) is 13.6. The maximum absolute atomic E-state index is 6.22. The van der Waals surface area contributed by atoms with Crippen molar-refractivity contribution < 1.29 is 4.74 Å². The zero-order valence-corrected chi connectivity index (χ0v) is 14.7. The Bertz CT molecular complexity index is 214. The van der Waals surface area contributed by atoms with Crippen LogP contribution in [0, 0.1) is 0 Å². The fraction of sp³-hybridized carbons (Fsp3) is 1.00. The maximum Gasteiger partial charge on any atom is 0.0597 e. The molecule has 21 heavy (non-hydrogen) atoms. The van der Waals surface area contributed by atoms with E-state index in [4.69, 9.17) is 4.74 Å². The smallest absolute Gasteiger partial charge is 0.0597 e. The molecule has 0 spiro atoms. The van der Waals surface area contributed by atoms with Gasteiger partial charge in [-0.2, -0.15) is 0 Å². The van der Waals surface area contributed by atoms with Crippen molar-refractivity contribution in [1.82, 2.24) is 4.90 Å². The number of unbranched alkanes of at least 4 members (excludes halogenated alkanes) is 6. The number of hydrogen-bond donors (Lipinski definition) is 0. The maximum atomic E-state index is 6.22. The molecule has 1 aliphatic heterocycles. The fourth-order valence-electron chi connectivity index (χ4n) is 3.26. The number of nitrogens with zero attached hydrogens (tertiary/aromatic N) is 1. The molecule has 1 rings (SSSR count). The molecule has 0 aromatic heterocycles. The molecule has 1 heterocycles. The van der Waals surface area contributed by atoms with Gasteiger partial charge in [0.2, 0.25) is 0 Å². The summed E-state index contributed by atoms with van der Waals surface area (Å²) >= 11 is 0. The highest BCUT2D eigenvalue weighted by atomic mass is 16.5. The summed E-state index contributed by atoms with van der Waals surface area (Å²) in [7, 11) is 0. The molecule has 0 amide bonds. The minimum Gasteiger partial charge on any atom is -0.377 e. The van der Waals surface area contributed by atoms with Gasteiger partial charge < -0.3 is 9.64 Å². The third-order valence-electron chi connectivity index (χ3n) is 4.72. The van der Waals surface area contributed by atoms with Crippen molar-refractivity contribution in [3.05, 3.63) is 0 Å². The minimum atomic E-state index is 0.528. The van der Waals surface area contributed by atoms with Crippen LogP contribution < -0.4 is 0 Å². The van der Waals surface area contributed by atoms with Crippen molar-refractivity contribution in [3.8, 4) is 0 Å². The van der Waals surface area contributed by atoms with Crippen LogP contribution in [0.4, 0.5) is 0 Å². The van der Waals surface area contributed by atoms with Crippen LogP contribution >= 0.6 is 0 Å². The van der Waals surface area contributed by atoms with E-state index in [-0.39, 0.29) is 0 Å². The highest BCUT2D eigenvalue weighted by Crippen LogP contribution is 2.16. The van der Waals surface area contributed by atoms with E-state index in [0.29, 0.717) is 6.10 Å². The van der Waals surface area contributed by atoms with E-state index in [0.717, 1.165) is 13.2 Å². The quantitative estimate of drug-likeness (QED) is 0.398. The van der Waals surface area contributed by atoms with Gasteiger partial charge in [0.15, 0.2) is 0 Å². The van der Waals surface area contributed by atoms with Gasteiger partial charge in [-0.15, -0.1) is 0 Å². The highest BCUT2D eigenvalue weighted by Gasteiger charge is 2.13. The summed E-state index contributed by atoms with van der Waals surface area (Å²) < 4.78 is 6.22. The first-order valence-electron chi connectivity index (χ1n) is 9.70. The van der Waals surface area contributed by atoms with Crippen molar-refractivity contribution in [3.63, 3.8) is 0 Å². The first kappa shape index (κ1) is 19.0. The van der Waals surface area contributed by atoms with Crippen molar-refractivity contribution in [2.45, 2.75) is 97.0 Å². The van der Waals surface area contributed by atoms with Crippen LogP contribution in [0.2, 0.25) is 0 Å². The van der Waals surface area contributed by atoms with Gasteiger partial charge in [-0.1, -0.05) is 65.2 Å². The second-order valence-corrected chi connectivity index (χ2v) is 6.74. The first-order chi connectivity index (χ1) is 10.4. The van der Waals surface area contributed by atoms with Crippen LogP contribution in [0.3, 0.4) is 0 Å². The third-order valence-corrected chi connectivity index (χ3v) is 4.72. The minimum absolute atomic E-state index is 0.528. The molecule has 1 fully saturated rings. The van der Waals surface area contributed by atoms with E-state index >= 15 is 0 Å². The molecule has 1 aliphatic rings.